The molecule has 0 radical (unpaired) electrons. The molecule has 0 bridgehead atoms. The quantitative estimate of drug-likeness (QED) is 0.575. The van der Waals surface area contributed by atoms with Crippen molar-refractivity contribution in [3.05, 3.63) is 0 Å². The third-order valence-corrected chi connectivity index (χ3v) is 3.07. The van der Waals surface area contributed by atoms with Gasteiger partial charge in [0.05, 0.1) is 6.54 Å². The molecule has 2 unspecified atom stereocenters. The molecule has 18 heavy (non-hydrogen) atoms. The number of carboxylic acids is 1. The molecule has 102 valence electrons. The lowest BCUT2D eigenvalue weighted by molar-refractivity contribution is -0.139. The van der Waals surface area contributed by atoms with Gasteiger partial charge in [0, 0.05) is 0 Å². The molecule has 0 saturated carbocycles. The highest BCUT2D eigenvalue weighted by Crippen LogP contribution is 2.23. The Balaban J connectivity index is 2.75. The first kappa shape index (κ1) is 14.4. The van der Waals surface area contributed by atoms with Gasteiger partial charge >= 0.3 is 12.0 Å². The van der Waals surface area contributed by atoms with Crippen LogP contribution in [0.3, 0.4) is 0 Å². The topological polar surface area (TPSA) is 113 Å². The first-order valence-electron chi connectivity index (χ1n) is 5.94. The number of hydrogen-bond donors (Lipinski definition) is 3. The molecule has 1 heterocycles. The number of rotatable bonds is 6. The Bertz CT molecular complexity index is 371. The first-order valence-corrected chi connectivity index (χ1v) is 5.94. The molecule has 0 aliphatic carbocycles. The van der Waals surface area contributed by atoms with Gasteiger partial charge in [0.15, 0.2) is 0 Å². The van der Waals surface area contributed by atoms with Crippen LogP contribution in [-0.2, 0) is 9.59 Å². The van der Waals surface area contributed by atoms with Gasteiger partial charge in [-0.1, -0.05) is 19.8 Å². The fraction of sp³-hybridized carbons (Fsp3) is 0.727. The molecule has 1 saturated heterocycles. The van der Waals surface area contributed by atoms with Crippen LogP contribution < -0.4 is 11.1 Å². The molecule has 1 rings (SSSR count). The molecule has 1 fully saturated rings. The maximum absolute atomic E-state index is 12.1. The number of nitrogens with two attached hydrogens (primary N) is 1. The van der Waals surface area contributed by atoms with E-state index in [-0.39, 0.29) is 6.54 Å². The molecule has 1 aliphatic rings. The monoisotopic (exact) mass is 257 g/mol. The van der Waals surface area contributed by atoms with Crippen LogP contribution in [0.5, 0.6) is 0 Å². The number of carbonyl (C=O) groups is 3. The van der Waals surface area contributed by atoms with E-state index in [2.05, 4.69) is 5.32 Å². The highest BCUT2D eigenvalue weighted by molar-refractivity contribution is 6.07. The minimum Gasteiger partial charge on any atom is -0.480 e. The van der Waals surface area contributed by atoms with Gasteiger partial charge in [0.25, 0.3) is 5.91 Å². The molecule has 3 amide bonds. The van der Waals surface area contributed by atoms with Crippen molar-refractivity contribution in [2.45, 2.75) is 44.7 Å². The smallest absolute Gasteiger partial charge is 0.325 e. The summed E-state index contributed by atoms with van der Waals surface area (Å²) < 4.78 is 0. The third-order valence-electron chi connectivity index (χ3n) is 3.07. The van der Waals surface area contributed by atoms with E-state index in [1.54, 1.807) is 6.92 Å². The lowest BCUT2D eigenvalue weighted by Crippen LogP contribution is -2.47. The van der Waals surface area contributed by atoms with Crippen molar-refractivity contribution < 1.29 is 19.5 Å². The van der Waals surface area contributed by atoms with E-state index in [1.807, 2.05) is 6.92 Å². The standard InChI is InChI=1S/C11H19N3O4/c1-3-4-5-11(2)9(17)14(10(18)13-11)6-7(12)8(15)16/h7H,3-6,12H2,1-2H3,(H,13,18)(H,15,16). The number of amides is 3. The van der Waals surface area contributed by atoms with Crippen LogP contribution in [0.15, 0.2) is 0 Å². The Morgan fingerprint density at radius 1 is 1.56 bits per heavy atom. The predicted molar refractivity (Wildman–Crippen MR) is 63.8 cm³/mol. The van der Waals surface area contributed by atoms with Crippen molar-refractivity contribution in [3.63, 3.8) is 0 Å². The predicted octanol–water partition coefficient (Wildman–Crippen LogP) is -0.101. The van der Waals surface area contributed by atoms with E-state index in [9.17, 15) is 14.4 Å². The number of nitrogens with one attached hydrogen (secondary N) is 1. The van der Waals surface area contributed by atoms with E-state index in [1.165, 1.54) is 0 Å². The zero-order valence-electron chi connectivity index (χ0n) is 10.6. The lowest BCUT2D eigenvalue weighted by atomic mass is 9.95. The molecule has 7 nitrogen and oxygen atoms in total. The Morgan fingerprint density at radius 2 is 2.17 bits per heavy atom. The van der Waals surface area contributed by atoms with Crippen LogP contribution >= 0.6 is 0 Å². The van der Waals surface area contributed by atoms with Crippen molar-refractivity contribution >= 4 is 17.9 Å². The van der Waals surface area contributed by atoms with Gasteiger partial charge in [-0.05, 0) is 13.3 Å². The molecular formula is C11H19N3O4. The summed E-state index contributed by atoms with van der Waals surface area (Å²) >= 11 is 0. The number of imide groups is 1. The SMILES string of the molecule is CCCCC1(C)NC(=O)N(CC(N)C(=O)O)C1=O. The first-order chi connectivity index (χ1) is 8.31. The number of nitrogens with zero attached hydrogens (tertiary/aromatic N) is 1. The number of aliphatic carboxylic acids is 1. The second kappa shape index (κ2) is 5.34. The zero-order valence-corrected chi connectivity index (χ0v) is 10.6. The average molecular weight is 257 g/mol. The Kier molecular flexibility index (Phi) is 4.28. The largest absolute Gasteiger partial charge is 0.480 e. The van der Waals surface area contributed by atoms with E-state index in [4.69, 9.17) is 10.8 Å². The molecule has 0 aromatic heterocycles. The van der Waals surface area contributed by atoms with Gasteiger partial charge in [0.2, 0.25) is 0 Å². The molecule has 0 aromatic rings. The van der Waals surface area contributed by atoms with Crippen LogP contribution in [-0.4, -0.2) is 46.0 Å². The van der Waals surface area contributed by atoms with Crippen molar-refractivity contribution in [1.82, 2.24) is 10.2 Å². The van der Waals surface area contributed by atoms with Gasteiger partial charge in [0.1, 0.15) is 11.6 Å². The summed E-state index contributed by atoms with van der Waals surface area (Å²) in [6, 6.07) is -1.83. The van der Waals surface area contributed by atoms with Gasteiger partial charge in [-0.2, -0.15) is 0 Å². The summed E-state index contributed by atoms with van der Waals surface area (Å²) in [5.74, 6) is -1.64. The molecule has 0 spiro atoms. The third kappa shape index (κ3) is 2.79. The minimum absolute atomic E-state index is 0.304. The van der Waals surface area contributed by atoms with Crippen molar-refractivity contribution in [3.8, 4) is 0 Å². The van der Waals surface area contributed by atoms with E-state index < -0.39 is 29.5 Å². The highest BCUT2D eigenvalue weighted by atomic mass is 16.4. The molecule has 0 aromatic carbocycles. The summed E-state index contributed by atoms with van der Waals surface area (Å²) in [4.78, 5) is 35.3. The summed E-state index contributed by atoms with van der Waals surface area (Å²) in [6.45, 7) is 3.33. The zero-order chi connectivity index (χ0) is 13.9. The van der Waals surface area contributed by atoms with Crippen LogP contribution in [0.4, 0.5) is 4.79 Å². The van der Waals surface area contributed by atoms with Gasteiger partial charge in [-0.15, -0.1) is 0 Å². The Morgan fingerprint density at radius 3 is 2.67 bits per heavy atom. The lowest BCUT2D eigenvalue weighted by Gasteiger charge is -2.21. The van der Waals surface area contributed by atoms with Gasteiger partial charge in [-0.25, -0.2) is 4.79 Å². The van der Waals surface area contributed by atoms with Crippen molar-refractivity contribution in [2.75, 3.05) is 6.54 Å². The summed E-state index contributed by atoms with van der Waals surface area (Å²) in [7, 11) is 0. The molecule has 1 aliphatic heterocycles. The second-order valence-corrected chi connectivity index (χ2v) is 4.73. The van der Waals surface area contributed by atoms with Gasteiger partial charge < -0.3 is 16.2 Å². The van der Waals surface area contributed by atoms with Gasteiger partial charge in [-0.3, -0.25) is 14.5 Å². The number of hydrogen-bond acceptors (Lipinski definition) is 4. The normalized spacial score (nSPS) is 25.2. The van der Waals surface area contributed by atoms with Crippen molar-refractivity contribution in [2.24, 2.45) is 5.73 Å². The molecule has 7 heteroatoms. The maximum atomic E-state index is 12.1. The number of carbonyl (C=O) groups excluding carboxylic acids is 2. The molecule has 2 atom stereocenters. The maximum Gasteiger partial charge on any atom is 0.325 e. The minimum atomic E-state index is -1.26. The average Bonchev–Trinajstić information content (AvgIpc) is 2.50. The fourth-order valence-electron chi connectivity index (χ4n) is 1.89. The Labute approximate surface area is 105 Å². The molecule has 4 N–H and O–H groups in total. The number of urea groups is 1. The van der Waals surface area contributed by atoms with E-state index in [0.29, 0.717) is 6.42 Å². The fourth-order valence-corrected chi connectivity index (χ4v) is 1.89. The van der Waals surface area contributed by atoms with Crippen LogP contribution in [0.1, 0.15) is 33.1 Å². The number of carboxylic acid groups (broad SMARTS) is 1. The van der Waals surface area contributed by atoms with Crippen molar-refractivity contribution in [1.29, 1.82) is 0 Å². The summed E-state index contributed by atoms with van der Waals surface area (Å²) in [5, 5.41) is 11.3. The van der Waals surface area contributed by atoms with Crippen LogP contribution in [0.25, 0.3) is 0 Å². The second-order valence-electron chi connectivity index (χ2n) is 4.73. The molecular weight excluding hydrogens is 238 g/mol. The van der Waals surface area contributed by atoms with E-state index in [0.717, 1.165) is 17.7 Å². The highest BCUT2D eigenvalue weighted by Gasteiger charge is 2.47. The van der Waals surface area contributed by atoms with Crippen LogP contribution in [0.2, 0.25) is 0 Å². The summed E-state index contributed by atoms with van der Waals surface area (Å²) in [6.07, 6.45) is 2.25. The van der Waals surface area contributed by atoms with E-state index >= 15 is 0 Å². The number of unbranched alkanes of at least 4 members (excludes halogenated alkanes) is 1. The Hall–Kier alpha value is -1.63. The summed E-state index contributed by atoms with van der Waals surface area (Å²) in [5.41, 5.74) is 4.40. The van der Waals surface area contributed by atoms with Crippen LogP contribution in [0, 0.1) is 0 Å².